The van der Waals surface area contributed by atoms with Crippen LogP contribution >= 0.6 is 0 Å². The van der Waals surface area contributed by atoms with Crippen LogP contribution < -0.4 is 15.0 Å². The number of pyridine rings is 1. The van der Waals surface area contributed by atoms with Crippen molar-refractivity contribution in [3.63, 3.8) is 0 Å². The molecule has 0 spiro atoms. The number of piperidine rings is 1. The van der Waals surface area contributed by atoms with Gasteiger partial charge in [-0.1, -0.05) is 31.4 Å². The quantitative estimate of drug-likeness (QED) is 0.292. The highest BCUT2D eigenvalue weighted by Gasteiger charge is 2.64. The zero-order valence-corrected chi connectivity index (χ0v) is 30.7. The Morgan fingerprint density at radius 2 is 1.75 bits per heavy atom. The molecular formula is C40H45N5O6S. The van der Waals surface area contributed by atoms with Gasteiger partial charge in [0.1, 0.15) is 5.75 Å². The third kappa shape index (κ3) is 5.15. The number of carbonyl (C=O) groups excluding carboxylic acids is 2. The van der Waals surface area contributed by atoms with Gasteiger partial charge in [-0.15, -0.1) is 0 Å². The molecule has 12 heteroatoms. The van der Waals surface area contributed by atoms with Crippen LogP contribution in [0.15, 0.2) is 59.4 Å². The van der Waals surface area contributed by atoms with Crippen molar-refractivity contribution in [3.8, 4) is 17.0 Å². The molecule has 3 aliphatic heterocycles. The Hall–Kier alpha value is -4.42. The number of fused-ring (bicyclic) bond motifs is 11. The second-order valence-corrected chi connectivity index (χ2v) is 17.8. The smallest absolute Gasteiger partial charge is 0.303 e. The Morgan fingerprint density at radius 3 is 2.52 bits per heavy atom. The molecule has 4 aromatic rings. The second-order valence-electron chi connectivity index (χ2n) is 15.9. The molecule has 4 atom stereocenters. The molecule has 3 fully saturated rings. The Labute approximate surface area is 303 Å². The SMILES string of the molecule is COc1ccc2c(c1)C1CC1(C(=O)N1C[C@@H]3C[C@H](C1)c1cccc(=O)n1C3)Cn1c-2c(C2CCCCC2)c2ccc(C(=O)NS(=O)(=O)N(C)C)cc21. The highest BCUT2D eigenvalue weighted by atomic mass is 32.2. The Balaban J connectivity index is 1.19. The summed E-state index contributed by atoms with van der Waals surface area (Å²) < 4.78 is 38.4. The van der Waals surface area contributed by atoms with Crippen LogP contribution in [0.3, 0.4) is 0 Å². The Kier molecular flexibility index (Phi) is 7.75. The van der Waals surface area contributed by atoms with Crippen LogP contribution in [0.2, 0.25) is 0 Å². The number of hydrogen-bond acceptors (Lipinski definition) is 6. The lowest BCUT2D eigenvalue weighted by Gasteiger charge is -2.44. The van der Waals surface area contributed by atoms with E-state index in [9.17, 15) is 18.0 Å². The van der Waals surface area contributed by atoms with Crippen LogP contribution in [0.5, 0.6) is 5.75 Å². The van der Waals surface area contributed by atoms with Gasteiger partial charge in [0.05, 0.1) is 18.2 Å². The van der Waals surface area contributed by atoms with Crippen molar-refractivity contribution in [2.75, 3.05) is 34.3 Å². The van der Waals surface area contributed by atoms with E-state index in [2.05, 4.69) is 26.3 Å². The second kappa shape index (κ2) is 12.1. The van der Waals surface area contributed by atoms with Crippen molar-refractivity contribution in [2.24, 2.45) is 11.3 Å². The zero-order valence-electron chi connectivity index (χ0n) is 29.9. The molecule has 272 valence electrons. The van der Waals surface area contributed by atoms with Crippen LogP contribution in [0, 0.1) is 11.3 Å². The van der Waals surface area contributed by atoms with Gasteiger partial charge in [-0.2, -0.15) is 12.7 Å². The molecule has 2 saturated carbocycles. The van der Waals surface area contributed by atoms with E-state index < -0.39 is 21.5 Å². The zero-order chi connectivity index (χ0) is 36.1. The van der Waals surface area contributed by atoms with E-state index in [-0.39, 0.29) is 34.8 Å². The minimum Gasteiger partial charge on any atom is -0.497 e. The molecule has 2 aliphatic carbocycles. The topological polar surface area (TPSA) is 123 Å². The fourth-order valence-corrected chi connectivity index (χ4v) is 10.6. The number of rotatable bonds is 6. The first kappa shape index (κ1) is 33.4. The molecule has 0 radical (unpaired) electrons. The third-order valence-corrected chi connectivity index (χ3v) is 14.1. The van der Waals surface area contributed by atoms with E-state index >= 15 is 4.79 Å². The molecule has 2 amide bonds. The molecule has 2 unspecified atom stereocenters. The minimum absolute atomic E-state index is 0.00681. The largest absolute Gasteiger partial charge is 0.497 e. The van der Waals surface area contributed by atoms with Gasteiger partial charge in [0.25, 0.3) is 11.5 Å². The van der Waals surface area contributed by atoms with Gasteiger partial charge in [0, 0.05) is 85.9 Å². The van der Waals surface area contributed by atoms with E-state index in [4.69, 9.17) is 4.74 Å². The minimum atomic E-state index is -4.00. The standard InChI is InChI=1S/C40H45N5O6S/c1-42(2)52(49,50)41-38(47)26-12-14-30-34(17-26)45-23-40(39(48)43-20-24-16-27(22-43)33-10-7-11-35(46)44(33)21-24)19-32(40)31-18-28(51-3)13-15-29(31)37(45)36(30)25-8-5-4-6-9-25/h7,10-15,17-18,24-25,27,32H,4-6,8-9,16,19-23H2,1-3H3,(H,41,47)/t24-,27+,32?,40?/m0/s1. The van der Waals surface area contributed by atoms with Crippen molar-refractivity contribution in [2.45, 2.75) is 75.8 Å². The van der Waals surface area contributed by atoms with Gasteiger partial charge in [-0.3, -0.25) is 14.4 Å². The van der Waals surface area contributed by atoms with Crippen LogP contribution in [-0.4, -0.2) is 72.9 Å². The van der Waals surface area contributed by atoms with Gasteiger partial charge in [0.2, 0.25) is 5.91 Å². The van der Waals surface area contributed by atoms with E-state index in [0.29, 0.717) is 38.5 Å². The number of aromatic nitrogens is 2. The maximum atomic E-state index is 15.2. The fraction of sp³-hybridized carbons (Fsp3) is 0.475. The number of likely N-dealkylation sites (tertiary alicyclic amines) is 1. The Morgan fingerprint density at radius 1 is 0.942 bits per heavy atom. The van der Waals surface area contributed by atoms with Gasteiger partial charge >= 0.3 is 10.2 Å². The Bertz CT molecular complexity index is 2320. The highest BCUT2D eigenvalue weighted by Crippen LogP contribution is 2.66. The molecule has 2 bridgehead atoms. The lowest BCUT2D eigenvalue weighted by molar-refractivity contribution is -0.140. The summed E-state index contributed by atoms with van der Waals surface area (Å²) in [6.45, 7) is 2.27. The summed E-state index contributed by atoms with van der Waals surface area (Å²) >= 11 is 0. The number of nitrogens with zero attached hydrogens (tertiary/aromatic N) is 4. The predicted molar refractivity (Wildman–Crippen MR) is 198 cm³/mol. The summed E-state index contributed by atoms with van der Waals surface area (Å²) in [6, 6.07) is 17.3. The van der Waals surface area contributed by atoms with Crippen molar-refractivity contribution >= 4 is 32.9 Å². The number of ether oxygens (including phenoxy) is 1. The van der Waals surface area contributed by atoms with Crippen LogP contribution in [0.4, 0.5) is 0 Å². The number of carbonyl (C=O) groups is 2. The molecule has 11 nitrogen and oxygen atoms in total. The lowest BCUT2D eigenvalue weighted by atomic mass is 9.81. The molecule has 52 heavy (non-hydrogen) atoms. The third-order valence-electron chi connectivity index (χ3n) is 12.7. The van der Waals surface area contributed by atoms with E-state index in [1.54, 1.807) is 19.2 Å². The van der Waals surface area contributed by atoms with E-state index in [1.807, 2.05) is 34.9 Å². The van der Waals surface area contributed by atoms with Gasteiger partial charge < -0.3 is 18.8 Å². The van der Waals surface area contributed by atoms with Crippen molar-refractivity contribution in [1.29, 1.82) is 0 Å². The van der Waals surface area contributed by atoms with Crippen LogP contribution in [-0.2, 0) is 28.1 Å². The molecule has 1 saturated heterocycles. The monoisotopic (exact) mass is 723 g/mol. The number of amides is 2. The number of benzene rings is 2. The average Bonchev–Trinajstić information content (AvgIpc) is 3.81. The van der Waals surface area contributed by atoms with E-state index in [0.717, 1.165) is 75.6 Å². The summed E-state index contributed by atoms with van der Waals surface area (Å²) in [6.07, 6.45) is 7.30. The van der Waals surface area contributed by atoms with Crippen molar-refractivity contribution < 1.29 is 22.7 Å². The normalized spacial score (nSPS) is 25.1. The fourth-order valence-electron chi connectivity index (χ4n) is 10.1. The van der Waals surface area contributed by atoms with Crippen LogP contribution in [0.1, 0.15) is 89.9 Å². The summed E-state index contributed by atoms with van der Waals surface area (Å²) in [5, 5.41) is 1.05. The predicted octanol–water partition coefficient (Wildman–Crippen LogP) is 5.20. The maximum Gasteiger partial charge on any atom is 0.303 e. The first-order valence-corrected chi connectivity index (χ1v) is 20.0. The van der Waals surface area contributed by atoms with Gasteiger partial charge in [0.15, 0.2) is 0 Å². The summed E-state index contributed by atoms with van der Waals surface area (Å²) in [5.74, 6) is 0.840. The summed E-state index contributed by atoms with van der Waals surface area (Å²) in [4.78, 5) is 43.4. The molecule has 5 heterocycles. The first-order valence-electron chi connectivity index (χ1n) is 18.6. The molecule has 1 N–H and O–H groups in total. The summed E-state index contributed by atoms with van der Waals surface area (Å²) in [7, 11) is 0.436. The average molecular weight is 724 g/mol. The number of hydrogen-bond donors (Lipinski definition) is 1. The van der Waals surface area contributed by atoms with Crippen molar-refractivity contribution in [3.05, 3.63) is 87.3 Å². The molecule has 2 aromatic carbocycles. The van der Waals surface area contributed by atoms with Gasteiger partial charge in [-0.25, -0.2) is 4.72 Å². The molecular weight excluding hydrogens is 679 g/mol. The van der Waals surface area contributed by atoms with Crippen LogP contribution in [0.25, 0.3) is 22.2 Å². The molecule has 2 aromatic heterocycles. The highest BCUT2D eigenvalue weighted by molar-refractivity contribution is 7.87. The maximum absolute atomic E-state index is 15.2. The number of methoxy groups -OCH3 is 1. The lowest BCUT2D eigenvalue weighted by Crippen LogP contribution is -2.51. The van der Waals surface area contributed by atoms with E-state index in [1.165, 1.54) is 26.1 Å². The first-order chi connectivity index (χ1) is 25.0. The number of nitrogens with one attached hydrogen (secondary N) is 1. The molecule has 9 rings (SSSR count). The summed E-state index contributed by atoms with van der Waals surface area (Å²) in [5.41, 5.74) is 6.00. The van der Waals surface area contributed by atoms with Gasteiger partial charge in [-0.05, 0) is 85.0 Å². The molecule has 5 aliphatic rings. The van der Waals surface area contributed by atoms with Crippen molar-refractivity contribution in [1.82, 2.24) is 23.1 Å².